The van der Waals surface area contributed by atoms with E-state index in [-0.39, 0.29) is 6.04 Å². The maximum Gasteiger partial charge on any atom is 0.162 e. The number of aromatic nitrogens is 3. The highest BCUT2D eigenvalue weighted by Crippen LogP contribution is 2.38. The van der Waals surface area contributed by atoms with Crippen molar-refractivity contribution in [1.82, 2.24) is 15.0 Å². The molecule has 5 nitrogen and oxygen atoms in total. The molecule has 1 aromatic carbocycles. The number of hydrogen-bond acceptors (Lipinski definition) is 6. The van der Waals surface area contributed by atoms with Crippen molar-refractivity contribution < 1.29 is 0 Å². The summed E-state index contributed by atoms with van der Waals surface area (Å²) >= 11 is 5.35. The second-order valence-electron chi connectivity index (χ2n) is 6.61. The fourth-order valence-electron chi connectivity index (χ4n) is 3.03. The molecule has 0 saturated heterocycles. The van der Waals surface area contributed by atoms with E-state index < -0.39 is 0 Å². The van der Waals surface area contributed by atoms with Gasteiger partial charge in [0.05, 0.1) is 9.17 Å². The Kier molecular flexibility index (Phi) is 5.66. The maximum atomic E-state index is 6.36. The molecule has 0 fully saturated rings. The molecule has 3 aromatic heterocycles. The third-order valence-corrected chi connectivity index (χ3v) is 6.78. The first-order valence-corrected chi connectivity index (χ1v) is 10.6. The van der Waals surface area contributed by atoms with Crippen molar-refractivity contribution in [2.75, 3.05) is 11.9 Å². The molecule has 7 heteroatoms. The van der Waals surface area contributed by atoms with Gasteiger partial charge in [-0.1, -0.05) is 30.3 Å². The number of pyridine rings is 1. The lowest BCUT2D eigenvalue weighted by atomic mass is 10.1. The zero-order chi connectivity index (χ0) is 19.5. The summed E-state index contributed by atoms with van der Waals surface area (Å²) in [5, 5.41) is 3.46. The molecule has 28 heavy (non-hydrogen) atoms. The van der Waals surface area contributed by atoms with E-state index in [1.54, 1.807) is 23.7 Å². The van der Waals surface area contributed by atoms with Crippen molar-refractivity contribution in [2.24, 2.45) is 5.73 Å². The van der Waals surface area contributed by atoms with Crippen molar-refractivity contribution in [1.29, 1.82) is 0 Å². The molecule has 3 heterocycles. The van der Waals surface area contributed by atoms with Crippen molar-refractivity contribution >= 4 is 43.3 Å². The fourth-order valence-corrected chi connectivity index (χ4v) is 4.64. The number of fused-ring (bicyclic) bond motifs is 1. The quantitative estimate of drug-likeness (QED) is 0.438. The molecule has 0 aliphatic carbocycles. The monoisotopic (exact) mass is 453 g/mol. The van der Waals surface area contributed by atoms with E-state index in [2.05, 4.69) is 45.3 Å². The molecule has 4 rings (SSSR count). The van der Waals surface area contributed by atoms with Crippen molar-refractivity contribution in [3.05, 3.63) is 69.8 Å². The first kappa shape index (κ1) is 19.0. The SMILES string of the molecule is Cc1sc2c(NCC(N)Cc3ccccc3)nc(-c3ccncc3)nc2c1Br. The van der Waals surface area contributed by atoms with Gasteiger partial charge in [0.25, 0.3) is 0 Å². The average molecular weight is 454 g/mol. The number of anilines is 1. The Morgan fingerprint density at radius 2 is 1.86 bits per heavy atom. The summed E-state index contributed by atoms with van der Waals surface area (Å²) in [5.41, 5.74) is 9.45. The Morgan fingerprint density at radius 3 is 2.61 bits per heavy atom. The largest absolute Gasteiger partial charge is 0.367 e. The van der Waals surface area contributed by atoms with Crippen LogP contribution in [-0.4, -0.2) is 27.5 Å². The molecule has 3 N–H and O–H groups in total. The summed E-state index contributed by atoms with van der Waals surface area (Å²) in [7, 11) is 0. The van der Waals surface area contributed by atoms with E-state index in [1.807, 2.05) is 30.3 Å². The standard InChI is InChI=1S/C21H20BrN5S/c1-13-17(22)18-19(28-13)21(27-20(26-18)15-7-9-24-10-8-15)25-12-16(23)11-14-5-3-2-4-6-14/h2-10,16H,11-12,23H2,1H3,(H,25,26,27). The Morgan fingerprint density at radius 1 is 1.11 bits per heavy atom. The first-order chi connectivity index (χ1) is 13.6. The molecular formula is C21H20BrN5S. The van der Waals surface area contributed by atoms with Gasteiger partial charge in [0, 0.05) is 35.4 Å². The number of nitrogens with two attached hydrogens (primary N) is 1. The van der Waals surface area contributed by atoms with Crippen LogP contribution >= 0.6 is 27.3 Å². The summed E-state index contributed by atoms with van der Waals surface area (Å²) in [5.74, 6) is 1.49. The van der Waals surface area contributed by atoms with Crippen molar-refractivity contribution in [2.45, 2.75) is 19.4 Å². The number of thiophene rings is 1. The number of rotatable bonds is 6. The molecule has 0 radical (unpaired) electrons. The van der Waals surface area contributed by atoms with Crippen LogP contribution in [0, 0.1) is 6.92 Å². The summed E-state index contributed by atoms with van der Waals surface area (Å²) in [6.45, 7) is 2.71. The smallest absolute Gasteiger partial charge is 0.162 e. The third kappa shape index (κ3) is 4.06. The van der Waals surface area contributed by atoms with Gasteiger partial charge in [0.2, 0.25) is 0 Å². The second-order valence-corrected chi connectivity index (χ2v) is 8.63. The summed E-state index contributed by atoms with van der Waals surface area (Å²) < 4.78 is 2.05. The number of aryl methyl sites for hydroxylation is 1. The Labute approximate surface area is 176 Å². The van der Waals surface area contributed by atoms with Crippen LogP contribution in [0.3, 0.4) is 0 Å². The van der Waals surface area contributed by atoms with Crippen LogP contribution in [0.25, 0.3) is 21.6 Å². The van der Waals surface area contributed by atoms with Crippen LogP contribution < -0.4 is 11.1 Å². The summed E-state index contributed by atoms with van der Waals surface area (Å²) in [6.07, 6.45) is 4.31. The lowest BCUT2D eigenvalue weighted by Crippen LogP contribution is -2.31. The molecule has 0 aliphatic rings. The van der Waals surface area contributed by atoms with E-state index in [0.717, 1.165) is 32.5 Å². The topological polar surface area (TPSA) is 76.7 Å². The third-order valence-electron chi connectivity index (χ3n) is 4.45. The minimum absolute atomic E-state index is 0.0127. The van der Waals surface area contributed by atoms with Crippen LogP contribution in [0.5, 0.6) is 0 Å². The van der Waals surface area contributed by atoms with Crippen LogP contribution in [0.1, 0.15) is 10.4 Å². The fraction of sp³-hybridized carbons (Fsp3) is 0.190. The molecule has 142 valence electrons. The Bertz CT molecular complexity index is 1080. The normalized spacial score (nSPS) is 12.2. The number of nitrogens with zero attached hydrogens (tertiary/aromatic N) is 3. The molecular weight excluding hydrogens is 434 g/mol. The maximum absolute atomic E-state index is 6.36. The molecule has 0 amide bonds. The molecule has 1 atom stereocenters. The highest BCUT2D eigenvalue weighted by molar-refractivity contribution is 9.10. The number of halogens is 1. The Hall–Kier alpha value is -2.35. The van der Waals surface area contributed by atoms with Gasteiger partial charge in [-0.05, 0) is 47.0 Å². The van der Waals surface area contributed by atoms with Gasteiger partial charge in [-0.15, -0.1) is 11.3 Å². The minimum atomic E-state index is -0.0127. The molecule has 0 aliphatic heterocycles. The molecule has 4 aromatic rings. The second kappa shape index (κ2) is 8.34. The van der Waals surface area contributed by atoms with Crippen LogP contribution in [0.15, 0.2) is 59.3 Å². The zero-order valence-electron chi connectivity index (χ0n) is 15.4. The molecule has 1 unspecified atom stereocenters. The number of nitrogens with one attached hydrogen (secondary N) is 1. The lowest BCUT2D eigenvalue weighted by molar-refractivity contribution is 0.698. The first-order valence-electron chi connectivity index (χ1n) is 9.02. The van der Waals surface area contributed by atoms with E-state index in [0.29, 0.717) is 12.4 Å². The van der Waals surface area contributed by atoms with Gasteiger partial charge in [0.1, 0.15) is 11.3 Å². The van der Waals surface area contributed by atoms with Gasteiger partial charge < -0.3 is 11.1 Å². The van der Waals surface area contributed by atoms with Crippen molar-refractivity contribution in [3.8, 4) is 11.4 Å². The van der Waals surface area contributed by atoms with Crippen LogP contribution in [0.4, 0.5) is 5.82 Å². The molecule has 0 saturated carbocycles. The van der Waals surface area contributed by atoms with Gasteiger partial charge in [-0.3, -0.25) is 4.98 Å². The van der Waals surface area contributed by atoms with E-state index in [1.165, 1.54) is 10.4 Å². The molecule has 0 spiro atoms. The molecule has 0 bridgehead atoms. The number of hydrogen-bond donors (Lipinski definition) is 2. The highest BCUT2D eigenvalue weighted by Gasteiger charge is 2.16. The Balaban J connectivity index is 1.63. The summed E-state index contributed by atoms with van der Waals surface area (Å²) in [4.78, 5) is 14.8. The number of benzene rings is 1. The van der Waals surface area contributed by atoms with Crippen LogP contribution in [0.2, 0.25) is 0 Å². The van der Waals surface area contributed by atoms with Gasteiger partial charge in [0.15, 0.2) is 5.82 Å². The predicted octanol–water partition coefficient (Wildman–Crippen LogP) is 4.81. The van der Waals surface area contributed by atoms with Crippen molar-refractivity contribution in [3.63, 3.8) is 0 Å². The summed E-state index contributed by atoms with van der Waals surface area (Å²) in [6, 6.07) is 14.1. The minimum Gasteiger partial charge on any atom is -0.367 e. The van der Waals surface area contributed by atoms with E-state index >= 15 is 0 Å². The lowest BCUT2D eigenvalue weighted by Gasteiger charge is -2.14. The van der Waals surface area contributed by atoms with E-state index in [9.17, 15) is 0 Å². The highest BCUT2D eigenvalue weighted by atomic mass is 79.9. The predicted molar refractivity (Wildman–Crippen MR) is 120 cm³/mol. The zero-order valence-corrected chi connectivity index (χ0v) is 17.8. The van der Waals surface area contributed by atoms with Gasteiger partial charge in [-0.25, -0.2) is 9.97 Å². The van der Waals surface area contributed by atoms with Gasteiger partial charge in [-0.2, -0.15) is 0 Å². The van der Waals surface area contributed by atoms with Gasteiger partial charge >= 0.3 is 0 Å². The van der Waals surface area contributed by atoms with Crippen LogP contribution in [-0.2, 0) is 6.42 Å². The average Bonchev–Trinajstić information content (AvgIpc) is 3.02. The van der Waals surface area contributed by atoms with E-state index in [4.69, 9.17) is 15.7 Å².